The van der Waals surface area contributed by atoms with E-state index in [0.717, 1.165) is 21.2 Å². The summed E-state index contributed by atoms with van der Waals surface area (Å²) in [7, 11) is 0. The van der Waals surface area contributed by atoms with E-state index in [1.807, 2.05) is 48.5 Å². The molecular weight excluding hydrogens is 374 g/mol. The van der Waals surface area contributed by atoms with Crippen LogP contribution >= 0.6 is 23.5 Å². The first kappa shape index (κ1) is 16.4. The van der Waals surface area contributed by atoms with Gasteiger partial charge in [0.25, 0.3) is 5.69 Å². The first-order valence-corrected chi connectivity index (χ1v) is 10.1. The monoisotopic (exact) mass is 387 g/mol. The number of fused-ring (bicyclic) bond motifs is 3. The minimum atomic E-state index is -0.293. The van der Waals surface area contributed by atoms with Crippen LogP contribution in [0.4, 0.5) is 5.69 Å². The van der Waals surface area contributed by atoms with E-state index in [1.165, 1.54) is 14.7 Å². The maximum Gasteiger partial charge on any atom is 0.277 e. The summed E-state index contributed by atoms with van der Waals surface area (Å²) in [6, 6.07) is 25.8. The molecule has 130 valence electrons. The largest absolute Gasteiger partial charge is 0.277 e. The molecule has 0 bridgehead atoms. The second kappa shape index (κ2) is 6.44. The molecule has 4 aromatic rings. The third-order valence-corrected chi connectivity index (χ3v) is 7.15. The lowest BCUT2D eigenvalue weighted by atomic mass is 9.99. The van der Waals surface area contributed by atoms with E-state index < -0.39 is 0 Å². The lowest BCUT2D eigenvalue weighted by Crippen LogP contribution is -1.94. The maximum absolute atomic E-state index is 11.7. The number of nitro groups is 1. The summed E-state index contributed by atoms with van der Waals surface area (Å²) < 4.78 is 0. The summed E-state index contributed by atoms with van der Waals surface area (Å²) in [5.74, 6) is 0. The Morgan fingerprint density at radius 2 is 1.26 bits per heavy atom. The van der Waals surface area contributed by atoms with Crippen molar-refractivity contribution in [2.24, 2.45) is 0 Å². The highest BCUT2D eigenvalue weighted by atomic mass is 32.2. The van der Waals surface area contributed by atoms with E-state index in [0.29, 0.717) is 5.56 Å². The van der Waals surface area contributed by atoms with Gasteiger partial charge in [-0.2, -0.15) is 0 Å². The molecule has 27 heavy (non-hydrogen) atoms. The van der Waals surface area contributed by atoms with Gasteiger partial charge in [0.15, 0.2) is 0 Å². The lowest BCUT2D eigenvalue weighted by molar-refractivity contribution is -0.384. The summed E-state index contributed by atoms with van der Waals surface area (Å²) in [6.07, 6.45) is 0. The molecule has 5 heteroatoms. The minimum absolute atomic E-state index is 0.141. The number of rotatable bonds is 2. The molecule has 1 aliphatic rings. The topological polar surface area (TPSA) is 43.1 Å². The van der Waals surface area contributed by atoms with Gasteiger partial charge >= 0.3 is 0 Å². The van der Waals surface area contributed by atoms with E-state index >= 15 is 0 Å². The van der Waals surface area contributed by atoms with Crippen molar-refractivity contribution in [1.29, 1.82) is 0 Å². The van der Waals surface area contributed by atoms with E-state index in [-0.39, 0.29) is 10.6 Å². The SMILES string of the molecule is O=[N+]([O-])c1cc2ccccc2cc1-c1ccc2c(c1)Sc1ccccc1S2. The van der Waals surface area contributed by atoms with Crippen molar-refractivity contribution in [3.8, 4) is 11.1 Å². The van der Waals surface area contributed by atoms with Gasteiger partial charge in [0.2, 0.25) is 0 Å². The zero-order valence-corrected chi connectivity index (χ0v) is 15.7. The highest BCUT2D eigenvalue weighted by Gasteiger charge is 2.21. The van der Waals surface area contributed by atoms with Gasteiger partial charge in [0.05, 0.1) is 10.5 Å². The summed E-state index contributed by atoms with van der Waals surface area (Å²) in [4.78, 5) is 16.2. The fraction of sp³-hybridized carbons (Fsp3) is 0. The van der Waals surface area contributed by atoms with E-state index in [9.17, 15) is 10.1 Å². The third-order valence-electron chi connectivity index (χ3n) is 4.60. The number of benzene rings is 4. The Kier molecular flexibility index (Phi) is 3.92. The minimum Gasteiger partial charge on any atom is -0.258 e. The Bertz CT molecular complexity index is 1220. The van der Waals surface area contributed by atoms with Gasteiger partial charge in [-0.05, 0) is 46.7 Å². The van der Waals surface area contributed by atoms with Gasteiger partial charge in [-0.15, -0.1) is 0 Å². The number of hydrogen-bond acceptors (Lipinski definition) is 4. The Hall–Kier alpha value is -2.76. The molecule has 5 rings (SSSR count). The molecule has 0 amide bonds. The van der Waals surface area contributed by atoms with E-state index in [2.05, 4.69) is 24.3 Å². The van der Waals surface area contributed by atoms with E-state index in [4.69, 9.17) is 0 Å². The van der Waals surface area contributed by atoms with E-state index in [1.54, 1.807) is 29.6 Å². The van der Waals surface area contributed by atoms with Crippen molar-refractivity contribution in [3.05, 3.63) is 89.0 Å². The average molecular weight is 387 g/mol. The normalized spacial score (nSPS) is 12.4. The summed E-state index contributed by atoms with van der Waals surface area (Å²) in [5, 5.41) is 13.6. The van der Waals surface area contributed by atoms with Gasteiger partial charge in [-0.3, -0.25) is 10.1 Å². The van der Waals surface area contributed by atoms with Gasteiger partial charge in [0.1, 0.15) is 0 Å². The zero-order valence-electron chi connectivity index (χ0n) is 14.1. The first-order chi connectivity index (χ1) is 13.2. The Morgan fingerprint density at radius 3 is 1.96 bits per heavy atom. The van der Waals surface area contributed by atoms with Crippen LogP contribution in [0.25, 0.3) is 21.9 Å². The van der Waals surface area contributed by atoms with Crippen molar-refractivity contribution < 1.29 is 4.92 Å². The fourth-order valence-electron chi connectivity index (χ4n) is 3.31. The molecule has 4 aromatic carbocycles. The lowest BCUT2D eigenvalue weighted by Gasteiger charge is -2.19. The standard InChI is InChI=1S/C22H13NO2S2/c24-23(25)18-12-15-6-2-1-5-14(15)11-17(18)16-9-10-21-22(13-16)27-20-8-4-3-7-19(20)26-21/h1-13H. The summed E-state index contributed by atoms with van der Waals surface area (Å²) in [6.45, 7) is 0. The summed E-state index contributed by atoms with van der Waals surface area (Å²) >= 11 is 3.46. The van der Waals surface area contributed by atoms with Crippen LogP contribution in [0.1, 0.15) is 0 Å². The Balaban J connectivity index is 1.66. The molecule has 3 nitrogen and oxygen atoms in total. The molecule has 1 aliphatic heterocycles. The van der Waals surface area contributed by atoms with Crippen molar-refractivity contribution in [3.63, 3.8) is 0 Å². The van der Waals surface area contributed by atoms with Crippen molar-refractivity contribution >= 4 is 40.0 Å². The predicted octanol–water partition coefficient (Wildman–Crippen LogP) is 7.03. The number of nitrogens with zero attached hydrogens (tertiary/aromatic N) is 1. The Morgan fingerprint density at radius 1 is 0.667 bits per heavy atom. The van der Waals surface area contributed by atoms with Crippen LogP contribution in [0.15, 0.2) is 98.4 Å². The highest BCUT2D eigenvalue weighted by Crippen LogP contribution is 2.49. The molecule has 0 N–H and O–H groups in total. The van der Waals surface area contributed by atoms with Crippen LogP contribution in [0.3, 0.4) is 0 Å². The molecule has 0 radical (unpaired) electrons. The highest BCUT2D eigenvalue weighted by molar-refractivity contribution is 8.05. The van der Waals surface area contributed by atoms with Gasteiger partial charge in [-0.25, -0.2) is 0 Å². The molecule has 0 spiro atoms. The maximum atomic E-state index is 11.7. The molecule has 0 unspecified atom stereocenters. The number of hydrogen-bond donors (Lipinski definition) is 0. The molecular formula is C22H13NO2S2. The molecule has 0 fully saturated rings. The van der Waals surface area contributed by atoms with Crippen molar-refractivity contribution in [2.45, 2.75) is 19.6 Å². The van der Waals surface area contributed by atoms with Crippen LogP contribution in [0.2, 0.25) is 0 Å². The smallest absolute Gasteiger partial charge is 0.258 e. The quantitative estimate of drug-likeness (QED) is 0.241. The van der Waals surface area contributed by atoms with Gasteiger partial charge in [0, 0.05) is 25.6 Å². The van der Waals surface area contributed by atoms with Crippen molar-refractivity contribution in [2.75, 3.05) is 0 Å². The predicted molar refractivity (Wildman–Crippen MR) is 111 cm³/mol. The molecule has 0 aromatic heterocycles. The molecule has 0 saturated heterocycles. The second-order valence-electron chi connectivity index (χ2n) is 6.29. The fourth-order valence-corrected chi connectivity index (χ4v) is 5.56. The number of nitro benzene ring substituents is 1. The van der Waals surface area contributed by atoms with Gasteiger partial charge in [-0.1, -0.05) is 66.0 Å². The molecule has 0 aliphatic carbocycles. The van der Waals surface area contributed by atoms with Crippen LogP contribution < -0.4 is 0 Å². The van der Waals surface area contributed by atoms with Crippen molar-refractivity contribution in [1.82, 2.24) is 0 Å². The summed E-state index contributed by atoms with van der Waals surface area (Å²) in [5.41, 5.74) is 1.67. The van der Waals surface area contributed by atoms with Crippen LogP contribution in [0.5, 0.6) is 0 Å². The second-order valence-corrected chi connectivity index (χ2v) is 8.45. The third kappa shape index (κ3) is 2.89. The van der Waals surface area contributed by atoms with Crippen LogP contribution in [-0.4, -0.2) is 4.92 Å². The molecule has 0 saturated carbocycles. The van der Waals surface area contributed by atoms with Crippen LogP contribution in [-0.2, 0) is 0 Å². The molecule has 0 atom stereocenters. The first-order valence-electron chi connectivity index (χ1n) is 8.45. The zero-order chi connectivity index (χ0) is 18.4. The molecule has 1 heterocycles. The Labute approximate surface area is 164 Å². The average Bonchev–Trinajstić information content (AvgIpc) is 2.70. The van der Waals surface area contributed by atoms with Crippen LogP contribution in [0, 0.1) is 10.1 Å². The van der Waals surface area contributed by atoms with Gasteiger partial charge < -0.3 is 0 Å².